The molecule has 1 heterocycles. The highest BCUT2D eigenvalue weighted by molar-refractivity contribution is 6.30. The number of benzene rings is 1. The van der Waals surface area contributed by atoms with E-state index in [1.807, 2.05) is 0 Å². The minimum absolute atomic E-state index is 0.00399. The first-order chi connectivity index (χ1) is 13.0. The van der Waals surface area contributed by atoms with Crippen LogP contribution in [0.25, 0.3) is 0 Å². The molecule has 2 rings (SSSR count). The van der Waals surface area contributed by atoms with Crippen molar-refractivity contribution in [2.75, 3.05) is 32.8 Å². The van der Waals surface area contributed by atoms with Crippen LogP contribution in [0.4, 0.5) is 4.79 Å². The second-order valence-electron chi connectivity index (χ2n) is 5.62. The molecule has 0 radical (unpaired) electrons. The van der Waals surface area contributed by atoms with Gasteiger partial charge in [-0.25, -0.2) is 4.79 Å². The predicted molar refractivity (Wildman–Crippen MR) is 95.3 cm³/mol. The zero-order chi connectivity index (χ0) is 19.6. The SMILES string of the molecule is O=C(COC(=O)CCCN1C(=O)CNC1=O)NCCOc1ccc(Cl)cc1. The van der Waals surface area contributed by atoms with Gasteiger partial charge >= 0.3 is 12.0 Å². The van der Waals surface area contributed by atoms with Crippen LogP contribution in [0.15, 0.2) is 24.3 Å². The van der Waals surface area contributed by atoms with Gasteiger partial charge < -0.3 is 20.1 Å². The van der Waals surface area contributed by atoms with Gasteiger partial charge in [0.1, 0.15) is 12.4 Å². The molecule has 146 valence electrons. The van der Waals surface area contributed by atoms with Crippen molar-refractivity contribution < 1.29 is 28.7 Å². The Morgan fingerprint density at radius 3 is 2.63 bits per heavy atom. The Hall–Kier alpha value is -2.81. The summed E-state index contributed by atoms with van der Waals surface area (Å²) in [6.45, 7) is 0.223. The summed E-state index contributed by atoms with van der Waals surface area (Å²) in [6, 6.07) is 6.35. The molecule has 1 fully saturated rings. The van der Waals surface area contributed by atoms with Crippen LogP contribution in [0.2, 0.25) is 5.02 Å². The van der Waals surface area contributed by atoms with E-state index in [0.717, 1.165) is 4.90 Å². The number of halogens is 1. The number of carbonyl (C=O) groups excluding carboxylic acids is 4. The Morgan fingerprint density at radius 1 is 1.22 bits per heavy atom. The lowest BCUT2D eigenvalue weighted by molar-refractivity contribution is -0.148. The summed E-state index contributed by atoms with van der Waals surface area (Å²) in [6.07, 6.45) is 0.276. The third-order valence-corrected chi connectivity index (χ3v) is 3.82. The van der Waals surface area contributed by atoms with Crippen molar-refractivity contribution in [2.45, 2.75) is 12.8 Å². The van der Waals surface area contributed by atoms with Gasteiger partial charge in [-0.15, -0.1) is 0 Å². The van der Waals surface area contributed by atoms with E-state index in [1.165, 1.54) is 0 Å². The van der Waals surface area contributed by atoms with Crippen LogP contribution in [0.1, 0.15) is 12.8 Å². The summed E-state index contributed by atoms with van der Waals surface area (Å²) in [7, 11) is 0. The van der Waals surface area contributed by atoms with Crippen molar-refractivity contribution in [1.29, 1.82) is 0 Å². The number of amides is 4. The minimum Gasteiger partial charge on any atom is -0.492 e. The van der Waals surface area contributed by atoms with Gasteiger partial charge in [0.05, 0.1) is 13.1 Å². The average Bonchev–Trinajstić information content (AvgIpc) is 2.97. The summed E-state index contributed by atoms with van der Waals surface area (Å²) < 4.78 is 10.3. The Balaban J connectivity index is 1.51. The van der Waals surface area contributed by atoms with Crippen molar-refractivity contribution in [1.82, 2.24) is 15.5 Å². The number of esters is 1. The molecule has 0 bridgehead atoms. The molecule has 0 unspecified atom stereocenters. The first-order valence-electron chi connectivity index (χ1n) is 8.34. The van der Waals surface area contributed by atoms with Gasteiger partial charge in [0.2, 0.25) is 5.91 Å². The first kappa shape index (κ1) is 20.5. The first-order valence-corrected chi connectivity index (χ1v) is 8.72. The van der Waals surface area contributed by atoms with Crippen LogP contribution in [-0.4, -0.2) is 61.6 Å². The lowest BCUT2D eigenvalue weighted by Gasteiger charge is -2.11. The molecule has 0 spiro atoms. The van der Waals surface area contributed by atoms with Crippen LogP contribution in [-0.2, 0) is 19.1 Å². The molecule has 0 saturated carbocycles. The number of hydrogen-bond donors (Lipinski definition) is 2. The summed E-state index contributed by atoms with van der Waals surface area (Å²) in [4.78, 5) is 46.9. The van der Waals surface area contributed by atoms with Gasteiger partial charge in [0.25, 0.3) is 5.91 Å². The van der Waals surface area contributed by atoms with Crippen LogP contribution in [0.3, 0.4) is 0 Å². The molecule has 0 aromatic heterocycles. The van der Waals surface area contributed by atoms with Gasteiger partial charge in [-0.05, 0) is 30.7 Å². The van der Waals surface area contributed by atoms with Gasteiger partial charge in [-0.2, -0.15) is 0 Å². The fourth-order valence-electron chi connectivity index (χ4n) is 2.22. The highest BCUT2D eigenvalue weighted by Gasteiger charge is 2.27. The Labute approximate surface area is 160 Å². The molecular weight excluding hydrogens is 378 g/mol. The molecule has 4 amide bonds. The van der Waals surface area contributed by atoms with Crippen molar-refractivity contribution in [3.05, 3.63) is 29.3 Å². The van der Waals surface area contributed by atoms with Gasteiger partial charge in [0.15, 0.2) is 6.61 Å². The second kappa shape index (κ2) is 10.4. The molecular formula is C17H20ClN3O6. The number of imide groups is 1. The third-order valence-electron chi connectivity index (χ3n) is 3.57. The van der Waals surface area contributed by atoms with Crippen molar-refractivity contribution in [2.24, 2.45) is 0 Å². The zero-order valence-electron chi connectivity index (χ0n) is 14.5. The fourth-order valence-corrected chi connectivity index (χ4v) is 2.35. The lowest BCUT2D eigenvalue weighted by Crippen LogP contribution is -2.33. The number of ether oxygens (including phenoxy) is 2. The summed E-state index contributed by atoms with van der Waals surface area (Å²) in [5, 5.41) is 5.55. The average molecular weight is 398 g/mol. The van der Waals surface area contributed by atoms with Gasteiger partial charge in [-0.1, -0.05) is 11.6 Å². The molecule has 0 aliphatic carbocycles. The molecule has 10 heteroatoms. The minimum atomic E-state index is -0.574. The van der Waals surface area contributed by atoms with Crippen LogP contribution < -0.4 is 15.4 Å². The monoisotopic (exact) mass is 397 g/mol. The highest BCUT2D eigenvalue weighted by Crippen LogP contribution is 2.15. The Kier molecular flexibility index (Phi) is 7.87. The summed E-state index contributed by atoms with van der Waals surface area (Å²) in [5.74, 6) is -0.717. The largest absolute Gasteiger partial charge is 0.492 e. The normalized spacial score (nSPS) is 13.3. The van der Waals surface area contributed by atoms with E-state index in [0.29, 0.717) is 10.8 Å². The predicted octanol–water partition coefficient (Wildman–Crippen LogP) is 0.710. The maximum Gasteiger partial charge on any atom is 0.324 e. The van der Waals surface area contributed by atoms with Crippen molar-refractivity contribution in [3.63, 3.8) is 0 Å². The molecule has 1 aliphatic heterocycles. The summed E-state index contributed by atoms with van der Waals surface area (Å²) >= 11 is 5.76. The van der Waals surface area contributed by atoms with E-state index in [-0.39, 0.29) is 45.0 Å². The lowest BCUT2D eigenvalue weighted by atomic mass is 10.3. The van der Waals surface area contributed by atoms with Crippen molar-refractivity contribution in [3.8, 4) is 5.75 Å². The van der Waals surface area contributed by atoms with Crippen LogP contribution in [0.5, 0.6) is 5.75 Å². The molecule has 0 atom stereocenters. The molecule has 1 aliphatic rings. The number of carbonyl (C=O) groups is 4. The maximum absolute atomic E-state index is 11.6. The molecule has 1 saturated heterocycles. The molecule has 1 aromatic carbocycles. The Morgan fingerprint density at radius 2 is 1.96 bits per heavy atom. The van der Waals surface area contributed by atoms with E-state index in [9.17, 15) is 19.2 Å². The summed E-state index contributed by atoms with van der Waals surface area (Å²) in [5.41, 5.74) is 0. The van der Waals surface area contributed by atoms with E-state index >= 15 is 0 Å². The molecule has 2 N–H and O–H groups in total. The highest BCUT2D eigenvalue weighted by atomic mass is 35.5. The second-order valence-corrected chi connectivity index (χ2v) is 6.06. The maximum atomic E-state index is 11.6. The third kappa shape index (κ3) is 7.14. The van der Waals surface area contributed by atoms with Crippen LogP contribution in [0, 0.1) is 0 Å². The Bertz CT molecular complexity index is 678. The topological polar surface area (TPSA) is 114 Å². The molecule has 9 nitrogen and oxygen atoms in total. The van der Waals surface area contributed by atoms with E-state index in [1.54, 1.807) is 24.3 Å². The standard InChI is InChI=1S/C17H20ClN3O6/c18-12-3-5-13(6-4-12)26-9-7-19-14(22)11-27-16(24)2-1-8-21-15(23)10-20-17(21)25/h3-6H,1-2,7-11H2,(H,19,22)(H,20,25). The number of rotatable bonds is 10. The van der Waals surface area contributed by atoms with E-state index in [2.05, 4.69) is 10.6 Å². The fraction of sp³-hybridized carbons (Fsp3) is 0.412. The number of hydrogen-bond acceptors (Lipinski definition) is 6. The number of nitrogens with zero attached hydrogens (tertiary/aromatic N) is 1. The number of urea groups is 1. The van der Waals surface area contributed by atoms with Gasteiger partial charge in [-0.3, -0.25) is 19.3 Å². The molecule has 1 aromatic rings. The number of nitrogens with one attached hydrogen (secondary N) is 2. The van der Waals surface area contributed by atoms with Crippen molar-refractivity contribution >= 4 is 35.4 Å². The van der Waals surface area contributed by atoms with Crippen LogP contribution >= 0.6 is 11.6 Å². The van der Waals surface area contributed by atoms with E-state index < -0.39 is 24.5 Å². The van der Waals surface area contributed by atoms with Gasteiger partial charge in [0, 0.05) is 18.0 Å². The smallest absolute Gasteiger partial charge is 0.324 e. The molecule has 27 heavy (non-hydrogen) atoms. The van der Waals surface area contributed by atoms with E-state index in [4.69, 9.17) is 21.1 Å². The quantitative estimate of drug-likeness (QED) is 0.341. The zero-order valence-corrected chi connectivity index (χ0v) is 15.3.